The van der Waals surface area contributed by atoms with Gasteiger partial charge in [-0.15, -0.1) is 11.8 Å². The standard InChI is InChI=1S/C12H16N2O4S/c1-12(18,10(15)16)7-13-11(17)14-8-4-3-5-9(6-8)19-2/h3-6,18H,7H2,1-2H3,(H,15,16)(H2,13,14,17). The highest BCUT2D eigenvalue weighted by atomic mass is 32.2. The summed E-state index contributed by atoms with van der Waals surface area (Å²) in [7, 11) is 0. The molecule has 0 aliphatic carbocycles. The van der Waals surface area contributed by atoms with Crippen molar-refractivity contribution in [2.45, 2.75) is 17.4 Å². The minimum Gasteiger partial charge on any atom is -0.479 e. The quantitative estimate of drug-likeness (QED) is 0.612. The molecule has 2 amide bonds. The topological polar surface area (TPSA) is 98.7 Å². The van der Waals surface area contributed by atoms with E-state index in [1.807, 2.05) is 12.3 Å². The van der Waals surface area contributed by atoms with Crippen LogP contribution in [0, 0.1) is 0 Å². The number of carbonyl (C=O) groups is 2. The monoisotopic (exact) mass is 284 g/mol. The van der Waals surface area contributed by atoms with E-state index in [0.717, 1.165) is 11.8 Å². The van der Waals surface area contributed by atoms with Crippen LogP contribution < -0.4 is 10.6 Å². The van der Waals surface area contributed by atoms with Gasteiger partial charge in [-0.25, -0.2) is 9.59 Å². The molecule has 1 aromatic carbocycles. The van der Waals surface area contributed by atoms with Gasteiger partial charge >= 0.3 is 12.0 Å². The van der Waals surface area contributed by atoms with Gasteiger partial charge in [0, 0.05) is 10.6 Å². The molecule has 104 valence electrons. The summed E-state index contributed by atoms with van der Waals surface area (Å²) in [5.41, 5.74) is -1.39. The van der Waals surface area contributed by atoms with Crippen LogP contribution >= 0.6 is 11.8 Å². The predicted octanol–water partition coefficient (Wildman–Crippen LogP) is 1.37. The number of nitrogens with one attached hydrogen (secondary N) is 2. The molecule has 0 saturated heterocycles. The fourth-order valence-corrected chi connectivity index (χ4v) is 1.66. The molecule has 1 atom stereocenters. The van der Waals surface area contributed by atoms with E-state index in [9.17, 15) is 14.7 Å². The summed E-state index contributed by atoms with van der Waals surface area (Å²) >= 11 is 1.54. The number of hydrogen-bond donors (Lipinski definition) is 4. The molecule has 0 aromatic heterocycles. The third-order valence-corrected chi connectivity index (χ3v) is 3.11. The molecule has 0 aliphatic rings. The summed E-state index contributed by atoms with van der Waals surface area (Å²) in [4.78, 5) is 23.2. The molecule has 0 heterocycles. The van der Waals surface area contributed by atoms with Gasteiger partial charge in [-0.1, -0.05) is 6.07 Å². The lowest BCUT2D eigenvalue weighted by molar-refractivity contribution is -0.155. The van der Waals surface area contributed by atoms with Crippen LogP contribution in [0.5, 0.6) is 0 Å². The van der Waals surface area contributed by atoms with Crippen molar-refractivity contribution in [1.82, 2.24) is 5.32 Å². The van der Waals surface area contributed by atoms with E-state index in [1.165, 1.54) is 0 Å². The van der Waals surface area contributed by atoms with Crippen LogP contribution in [-0.2, 0) is 4.79 Å². The van der Waals surface area contributed by atoms with Crippen molar-refractivity contribution in [3.05, 3.63) is 24.3 Å². The maximum Gasteiger partial charge on any atom is 0.337 e. The first-order valence-electron chi connectivity index (χ1n) is 5.50. The number of aliphatic carboxylic acids is 1. The van der Waals surface area contributed by atoms with E-state index in [1.54, 1.807) is 30.0 Å². The number of urea groups is 1. The van der Waals surface area contributed by atoms with E-state index in [2.05, 4.69) is 10.6 Å². The molecule has 7 heteroatoms. The molecule has 1 rings (SSSR count). The van der Waals surface area contributed by atoms with E-state index in [-0.39, 0.29) is 6.54 Å². The van der Waals surface area contributed by atoms with Crippen LogP contribution in [0.15, 0.2) is 29.2 Å². The molecule has 0 saturated carbocycles. The Morgan fingerprint density at radius 2 is 2.11 bits per heavy atom. The Balaban J connectivity index is 2.54. The number of hydrogen-bond acceptors (Lipinski definition) is 4. The van der Waals surface area contributed by atoms with E-state index in [4.69, 9.17) is 5.11 Å². The van der Waals surface area contributed by atoms with Gasteiger partial charge in [0.25, 0.3) is 0 Å². The number of thioether (sulfide) groups is 1. The third kappa shape index (κ3) is 4.80. The molecule has 6 nitrogen and oxygen atoms in total. The van der Waals surface area contributed by atoms with E-state index >= 15 is 0 Å². The lowest BCUT2D eigenvalue weighted by Crippen LogP contribution is -2.47. The second-order valence-corrected chi connectivity index (χ2v) is 5.00. The van der Waals surface area contributed by atoms with Crippen molar-refractivity contribution in [2.75, 3.05) is 18.1 Å². The Labute approximate surface area is 115 Å². The number of aliphatic hydroxyl groups is 1. The summed E-state index contributed by atoms with van der Waals surface area (Å²) in [6.45, 7) is 0.736. The van der Waals surface area contributed by atoms with Crippen molar-refractivity contribution in [1.29, 1.82) is 0 Å². The number of carboxylic acids is 1. The van der Waals surface area contributed by atoms with Crippen LogP contribution in [0.25, 0.3) is 0 Å². The van der Waals surface area contributed by atoms with Crippen LogP contribution in [0.4, 0.5) is 10.5 Å². The molecule has 1 unspecified atom stereocenters. The number of amides is 2. The Morgan fingerprint density at radius 1 is 1.42 bits per heavy atom. The number of carbonyl (C=O) groups excluding carboxylic acids is 1. The molecule has 4 N–H and O–H groups in total. The van der Waals surface area contributed by atoms with Crippen LogP contribution in [0.1, 0.15) is 6.92 Å². The maximum absolute atomic E-state index is 11.5. The minimum absolute atomic E-state index is 0.379. The second kappa shape index (κ2) is 6.44. The Hall–Kier alpha value is -1.73. The highest BCUT2D eigenvalue weighted by Gasteiger charge is 2.30. The third-order valence-electron chi connectivity index (χ3n) is 2.38. The molecule has 0 bridgehead atoms. The maximum atomic E-state index is 11.5. The van der Waals surface area contributed by atoms with E-state index in [0.29, 0.717) is 5.69 Å². The predicted molar refractivity (Wildman–Crippen MR) is 73.5 cm³/mol. The fourth-order valence-electron chi connectivity index (χ4n) is 1.20. The van der Waals surface area contributed by atoms with Crippen molar-refractivity contribution in [3.63, 3.8) is 0 Å². The van der Waals surface area contributed by atoms with Crippen molar-refractivity contribution < 1.29 is 19.8 Å². The zero-order valence-electron chi connectivity index (χ0n) is 10.6. The molecular weight excluding hydrogens is 268 g/mol. The summed E-state index contributed by atoms with van der Waals surface area (Å²) in [6.07, 6.45) is 1.92. The van der Waals surface area contributed by atoms with Gasteiger partial charge in [0.15, 0.2) is 5.60 Å². The Morgan fingerprint density at radius 3 is 2.68 bits per heavy atom. The lowest BCUT2D eigenvalue weighted by Gasteiger charge is -2.18. The Kier molecular flexibility index (Phi) is 5.20. The molecule has 0 aliphatic heterocycles. The number of carboxylic acid groups (broad SMARTS) is 1. The Bertz CT molecular complexity index is 477. The van der Waals surface area contributed by atoms with Crippen LogP contribution in [0.3, 0.4) is 0 Å². The first-order chi connectivity index (χ1) is 8.85. The van der Waals surface area contributed by atoms with Crippen LogP contribution in [0.2, 0.25) is 0 Å². The average Bonchev–Trinajstić information content (AvgIpc) is 2.36. The van der Waals surface area contributed by atoms with Crippen LogP contribution in [-0.4, -0.2) is 40.6 Å². The average molecular weight is 284 g/mol. The molecule has 0 fully saturated rings. The van der Waals surface area contributed by atoms with Gasteiger partial charge in [-0.05, 0) is 31.4 Å². The lowest BCUT2D eigenvalue weighted by atomic mass is 10.1. The summed E-state index contributed by atoms with van der Waals surface area (Å²) in [6, 6.07) is 6.64. The zero-order valence-corrected chi connectivity index (χ0v) is 11.5. The normalized spacial score (nSPS) is 13.4. The number of anilines is 1. The van der Waals surface area contributed by atoms with E-state index < -0.39 is 17.6 Å². The molecule has 19 heavy (non-hydrogen) atoms. The fraction of sp³-hybridized carbons (Fsp3) is 0.333. The van der Waals surface area contributed by atoms with Gasteiger partial charge < -0.3 is 20.8 Å². The zero-order chi connectivity index (χ0) is 14.5. The summed E-state index contributed by atoms with van der Waals surface area (Å²) < 4.78 is 0. The molecule has 0 radical (unpaired) electrons. The first-order valence-corrected chi connectivity index (χ1v) is 6.72. The highest BCUT2D eigenvalue weighted by Crippen LogP contribution is 2.18. The highest BCUT2D eigenvalue weighted by molar-refractivity contribution is 7.98. The smallest absolute Gasteiger partial charge is 0.337 e. The van der Waals surface area contributed by atoms with Gasteiger partial charge in [0.05, 0.1) is 6.54 Å². The minimum atomic E-state index is -1.99. The van der Waals surface area contributed by atoms with Gasteiger partial charge in [-0.2, -0.15) is 0 Å². The molecule has 1 aromatic rings. The molecular formula is C12H16N2O4S. The van der Waals surface area contributed by atoms with Crippen molar-refractivity contribution in [3.8, 4) is 0 Å². The molecule has 0 spiro atoms. The van der Waals surface area contributed by atoms with Gasteiger partial charge in [-0.3, -0.25) is 0 Å². The summed E-state index contributed by atoms with van der Waals surface area (Å²) in [5.74, 6) is -1.39. The second-order valence-electron chi connectivity index (χ2n) is 4.12. The van der Waals surface area contributed by atoms with Crippen molar-refractivity contribution >= 4 is 29.4 Å². The number of benzene rings is 1. The SMILES string of the molecule is CSc1cccc(NC(=O)NCC(C)(O)C(=O)O)c1. The van der Waals surface area contributed by atoms with Crippen molar-refractivity contribution in [2.24, 2.45) is 0 Å². The first kappa shape index (κ1) is 15.3. The van der Waals surface area contributed by atoms with Gasteiger partial charge in [0.1, 0.15) is 0 Å². The summed E-state index contributed by atoms with van der Waals surface area (Å²) in [5, 5.41) is 23.0. The largest absolute Gasteiger partial charge is 0.479 e. The number of rotatable bonds is 5. The van der Waals surface area contributed by atoms with Gasteiger partial charge in [0.2, 0.25) is 0 Å².